The number of benzene rings is 1. The van der Waals surface area contributed by atoms with E-state index in [9.17, 15) is 13.2 Å². The van der Waals surface area contributed by atoms with Crippen LogP contribution in [-0.4, -0.2) is 9.97 Å². The van der Waals surface area contributed by atoms with E-state index in [4.69, 9.17) is 27.9 Å². The monoisotopic (exact) mass is 322 g/mol. The van der Waals surface area contributed by atoms with Gasteiger partial charge in [-0.25, -0.2) is 4.98 Å². The lowest BCUT2D eigenvalue weighted by Crippen LogP contribution is -2.11. The Morgan fingerprint density at radius 1 is 1.10 bits per heavy atom. The van der Waals surface area contributed by atoms with Gasteiger partial charge in [-0.1, -0.05) is 23.2 Å². The molecule has 0 aliphatic rings. The van der Waals surface area contributed by atoms with Crippen LogP contribution in [0.15, 0.2) is 24.3 Å². The maximum Gasteiger partial charge on any atom is 0.451 e. The quantitative estimate of drug-likeness (QED) is 0.737. The standard InChI is InChI=1S/C12H7Cl2F3N2O/c1-6-4-7(13)2-3-8(6)20-10-5-9(14)18-11(19-10)12(15,16)17/h2-5H,1H3. The lowest BCUT2D eigenvalue weighted by Gasteiger charge is -2.10. The minimum Gasteiger partial charge on any atom is -0.439 e. The number of aromatic nitrogens is 2. The van der Waals surface area contributed by atoms with Crippen molar-refractivity contribution in [2.24, 2.45) is 0 Å². The number of hydrogen-bond acceptors (Lipinski definition) is 3. The van der Waals surface area contributed by atoms with Crippen LogP contribution in [0.1, 0.15) is 11.4 Å². The number of nitrogens with zero attached hydrogens (tertiary/aromatic N) is 2. The number of ether oxygens (including phenoxy) is 1. The lowest BCUT2D eigenvalue weighted by molar-refractivity contribution is -0.145. The zero-order valence-corrected chi connectivity index (χ0v) is 11.5. The summed E-state index contributed by atoms with van der Waals surface area (Å²) in [6.45, 7) is 1.70. The van der Waals surface area contributed by atoms with Gasteiger partial charge >= 0.3 is 6.18 Å². The molecule has 0 amide bonds. The number of rotatable bonds is 2. The summed E-state index contributed by atoms with van der Waals surface area (Å²) in [5.41, 5.74) is 0.654. The number of halogens is 5. The van der Waals surface area contributed by atoms with Crippen molar-refractivity contribution in [1.82, 2.24) is 9.97 Å². The topological polar surface area (TPSA) is 35.0 Å². The van der Waals surface area contributed by atoms with Crippen LogP contribution in [0.3, 0.4) is 0 Å². The van der Waals surface area contributed by atoms with E-state index in [0.717, 1.165) is 6.07 Å². The van der Waals surface area contributed by atoms with Crippen LogP contribution >= 0.6 is 23.2 Å². The predicted octanol–water partition coefficient (Wildman–Crippen LogP) is 4.90. The molecule has 0 aliphatic heterocycles. The molecule has 2 aromatic rings. The van der Waals surface area contributed by atoms with Crippen molar-refractivity contribution in [3.63, 3.8) is 0 Å². The highest BCUT2D eigenvalue weighted by molar-refractivity contribution is 6.30. The Bertz CT molecular complexity index is 647. The molecule has 1 aromatic heterocycles. The number of aryl methyl sites for hydroxylation is 1. The number of hydrogen-bond donors (Lipinski definition) is 0. The van der Waals surface area contributed by atoms with Crippen molar-refractivity contribution >= 4 is 23.2 Å². The molecule has 106 valence electrons. The molecule has 0 fully saturated rings. The first-order valence-corrected chi connectivity index (χ1v) is 6.07. The SMILES string of the molecule is Cc1cc(Cl)ccc1Oc1cc(Cl)nc(C(F)(F)F)n1. The van der Waals surface area contributed by atoms with E-state index in [1.54, 1.807) is 19.1 Å². The van der Waals surface area contributed by atoms with Crippen molar-refractivity contribution in [3.8, 4) is 11.6 Å². The first-order chi connectivity index (χ1) is 9.25. The summed E-state index contributed by atoms with van der Waals surface area (Å²) in [4.78, 5) is 6.40. The van der Waals surface area contributed by atoms with E-state index in [1.807, 2.05) is 0 Å². The summed E-state index contributed by atoms with van der Waals surface area (Å²) in [5, 5.41) is 0.139. The third kappa shape index (κ3) is 3.52. The molecule has 1 heterocycles. The van der Waals surface area contributed by atoms with Crippen molar-refractivity contribution in [2.45, 2.75) is 13.1 Å². The van der Waals surface area contributed by atoms with E-state index >= 15 is 0 Å². The van der Waals surface area contributed by atoms with Gasteiger partial charge in [0.15, 0.2) is 0 Å². The third-order valence-corrected chi connectivity index (χ3v) is 2.71. The normalized spacial score (nSPS) is 11.5. The van der Waals surface area contributed by atoms with Crippen LogP contribution < -0.4 is 4.74 Å². The first-order valence-electron chi connectivity index (χ1n) is 5.31. The molecule has 3 nitrogen and oxygen atoms in total. The molecule has 0 unspecified atom stereocenters. The van der Waals surface area contributed by atoms with Crippen LogP contribution in [0.2, 0.25) is 10.2 Å². The molecule has 0 saturated heterocycles. The van der Waals surface area contributed by atoms with Crippen LogP contribution in [0.5, 0.6) is 11.6 Å². The van der Waals surface area contributed by atoms with Crippen LogP contribution in [0.4, 0.5) is 13.2 Å². The summed E-state index contributed by atoms with van der Waals surface area (Å²) in [6.07, 6.45) is -4.70. The summed E-state index contributed by atoms with van der Waals surface area (Å²) in [6, 6.07) is 5.80. The third-order valence-electron chi connectivity index (χ3n) is 2.28. The second-order valence-electron chi connectivity index (χ2n) is 3.86. The Balaban J connectivity index is 2.36. The average Bonchev–Trinajstić information content (AvgIpc) is 2.31. The molecule has 8 heteroatoms. The lowest BCUT2D eigenvalue weighted by atomic mass is 10.2. The molecule has 2 rings (SSSR count). The first kappa shape index (κ1) is 14.9. The Hall–Kier alpha value is -1.53. The second kappa shape index (κ2) is 5.46. The molecule has 0 N–H and O–H groups in total. The van der Waals surface area contributed by atoms with Crippen LogP contribution in [-0.2, 0) is 6.18 Å². The van der Waals surface area contributed by atoms with E-state index < -0.39 is 12.0 Å². The van der Waals surface area contributed by atoms with E-state index in [2.05, 4.69) is 9.97 Å². The van der Waals surface area contributed by atoms with Crippen molar-refractivity contribution in [1.29, 1.82) is 0 Å². The van der Waals surface area contributed by atoms with E-state index in [-0.39, 0.29) is 11.0 Å². The van der Waals surface area contributed by atoms with Gasteiger partial charge in [-0.15, -0.1) is 0 Å². The zero-order chi connectivity index (χ0) is 14.9. The minimum atomic E-state index is -4.70. The minimum absolute atomic E-state index is 0.289. The van der Waals surface area contributed by atoms with Gasteiger partial charge in [-0.05, 0) is 30.7 Å². The van der Waals surface area contributed by atoms with Crippen molar-refractivity contribution in [2.75, 3.05) is 0 Å². The maximum atomic E-state index is 12.6. The fourth-order valence-corrected chi connectivity index (χ4v) is 1.82. The van der Waals surface area contributed by atoms with Gasteiger partial charge in [0, 0.05) is 11.1 Å². The fourth-order valence-electron chi connectivity index (χ4n) is 1.42. The van der Waals surface area contributed by atoms with Gasteiger partial charge in [0.25, 0.3) is 0 Å². The molecule has 0 saturated carbocycles. The summed E-state index contributed by atoms with van der Waals surface area (Å²) >= 11 is 11.3. The van der Waals surface area contributed by atoms with E-state index in [1.165, 1.54) is 6.07 Å². The highest BCUT2D eigenvalue weighted by Crippen LogP contribution is 2.31. The molecule has 0 spiro atoms. The second-order valence-corrected chi connectivity index (χ2v) is 4.69. The molecular formula is C12H7Cl2F3N2O. The zero-order valence-electron chi connectivity index (χ0n) is 10.0. The largest absolute Gasteiger partial charge is 0.451 e. The molecule has 20 heavy (non-hydrogen) atoms. The van der Waals surface area contributed by atoms with Crippen molar-refractivity contribution < 1.29 is 17.9 Å². The van der Waals surface area contributed by atoms with Gasteiger partial charge in [0.1, 0.15) is 10.9 Å². The predicted molar refractivity (Wildman–Crippen MR) is 68.3 cm³/mol. The molecule has 0 bridgehead atoms. The Morgan fingerprint density at radius 3 is 2.40 bits per heavy atom. The van der Waals surface area contributed by atoms with Crippen LogP contribution in [0.25, 0.3) is 0 Å². The Kier molecular flexibility index (Phi) is 4.06. The molecule has 1 aromatic carbocycles. The Morgan fingerprint density at radius 2 is 1.80 bits per heavy atom. The highest BCUT2D eigenvalue weighted by atomic mass is 35.5. The molecule has 0 radical (unpaired) electrons. The average molecular weight is 323 g/mol. The fraction of sp³-hybridized carbons (Fsp3) is 0.167. The van der Waals surface area contributed by atoms with Crippen molar-refractivity contribution in [3.05, 3.63) is 45.8 Å². The van der Waals surface area contributed by atoms with Gasteiger partial charge in [-0.2, -0.15) is 18.2 Å². The summed E-state index contributed by atoms with van der Waals surface area (Å²) < 4.78 is 43.0. The molecule has 0 aliphatic carbocycles. The van der Waals surface area contributed by atoms with Gasteiger partial charge < -0.3 is 4.74 Å². The van der Waals surface area contributed by atoms with E-state index in [0.29, 0.717) is 16.3 Å². The Labute approximate surface area is 122 Å². The maximum absolute atomic E-state index is 12.6. The summed E-state index contributed by atoms with van der Waals surface area (Å²) in [5.74, 6) is -1.31. The summed E-state index contributed by atoms with van der Waals surface area (Å²) in [7, 11) is 0. The smallest absolute Gasteiger partial charge is 0.439 e. The van der Waals surface area contributed by atoms with Gasteiger partial charge in [-0.3, -0.25) is 0 Å². The van der Waals surface area contributed by atoms with Gasteiger partial charge in [0.2, 0.25) is 11.7 Å². The number of alkyl halides is 3. The van der Waals surface area contributed by atoms with Crippen LogP contribution in [0, 0.1) is 6.92 Å². The highest BCUT2D eigenvalue weighted by Gasteiger charge is 2.35. The molecular weight excluding hydrogens is 316 g/mol. The molecule has 0 atom stereocenters. The van der Waals surface area contributed by atoms with Gasteiger partial charge in [0.05, 0.1) is 0 Å².